The third-order valence-corrected chi connectivity index (χ3v) is 4.82. The van der Waals surface area contributed by atoms with Crippen molar-refractivity contribution in [2.75, 3.05) is 13.1 Å². The fraction of sp³-hybridized carbons (Fsp3) is 0.867. The zero-order valence-corrected chi connectivity index (χ0v) is 12.7. The molecule has 2 rings (SSSR count). The van der Waals surface area contributed by atoms with Crippen LogP contribution in [0.5, 0.6) is 0 Å². The maximum absolute atomic E-state index is 12.7. The Morgan fingerprint density at radius 2 is 1.75 bits per heavy atom. The molecule has 114 valence electrons. The standard InChI is InChI=1S/C15H26N2O3/c1-10-6-8-16(12(3)9-10)15(20)17-7-4-5-11(2)13(17)14(18)19/h10-13H,4-9H2,1-3H3,(H,18,19). The number of carbonyl (C=O) groups is 2. The maximum Gasteiger partial charge on any atom is 0.326 e. The molecule has 2 heterocycles. The summed E-state index contributed by atoms with van der Waals surface area (Å²) < 4.78 is 0. The molecule has 0 radical (unpaired) electrons. The third-order valence-electron chi connectivity index (χ3n) is 4.82. The van der Waals surface area contributed by atoms with Crippen LogP contribution >= 0.6 is 0 Å². The normalized spacial score (nSPS) is 35.0. The topological polar surface area (TPSA) is 60.9 Å². The van der Waals surface area contributed by atoms with Gasteiger partial charge in [0.1, 0.15) is 6.04 Å². The van der Waals surface area contributed by atoms with E-state index in [9.17, 15) is 14.7 Å². The minimum atomic E-state index is -0.872. The molecule has 2 aliphatic rings. The summed E-state index contributed by atoms with van der Waals surface area (Å²) in [5.41, 5.74) is 0. The van der Waals surface area contributed by atoms with Gasteiger partial charge in [0.2, 0.25) is 0 Å². The number of amides is 2. The third kappa shape index (κ3) is 2.91. The van der Waals surface area contributed by atoms with Gasteiger partial charge in [0.05, 0.1) is 0 Å². The Labute approximate surface area is 120 Å². The lowest BCUT2D eigenvalue weighted by Crippen LogP contribution is -2.58. The van der Waals surface area contributed by atoms with Gasteiger partial charge in [-0.1, -0.05) is 13.8 Å². The Morgan fingerprint density at radius 1 is 1.05 bits per heavy atom. The van der Waals surface area contributed by atoms with Crippen molar-refractivity contribution in [3.63, 3.8) is 0 Å². The number of likely N-dealkylation sites (tertiary alicyclic amines) is 2. The van der Waals surface area contributed by atoms with E-state index in [0.29, 0.717) is 12.5 Å². The molecule has 0 saturated carbocycles. The predicted octanol–water partition coefficient (Wildman–Crippen LogP) is 2.41. The summed E-state index contributed by atoms with van der Waals surface area (Å²) in [7, 11) is 0. The summed E-state index contributed by atoms with van der Waals surface area (Å²) >= 11 is 0. The number of hydrogen-bond donors (Lipinski definition) is 1. The van der Waals surface area contributed by atoms with Crippen LogP contribution in [0.1, 0.15) is 46.5 Å². The Bertz CT molecular complexity index is 385. The van der Waals surface area contributed by atoms with E-state index in [2.05, 4.69) is 13.8 Å². The van der Waals surface area contributed by atoms with E-state index in [1.54, 1.807) is 4.90 Å². The van der Waals surface area contributed by atoms with Crippen LogP contribution in [0.2, 0.25) is 0 Å². The second-order valence-corrected chi connectivity index (χ2v) is 6.55. The van der Waals surface area contributed by atoms with Crippen molar-refractivity contribution in [2.24, 2.45) is 11.8 Å². The molecular weight excluding hydrogens is 256 g/mol. The number of carboxylic acid groups (broad SMARTS) is 1. The molecule has 5 nitrogen and oxygen atoms in total. The average molecular weight is 282 g/mol. The highest BCUT2D eigenvalue weighted by Gasteiger charge is 2.40. The van der Waals surface area contributed by atoms with Gasteiger partial charge in [-0.15, -0.1) is 0 Å². The first-order chi connectivity index (χ1) is 9.41. The van der Waals surface area contributed by atoms with E-state index in [0.717, 1.165) is 32.2 Å². The smallest absolute Gasteiger partial charge is 0.326 e. The Kier molecular flexibility index (Phi) is 4.55. The van der Waals surface area contributed by atoms with Crippen LogP contribution in [-0.2, 0) is 4.79 Å². The molecule has 0 aromatic rings. The summed E-state index contributed by atoms with van der Waals surface area (Å²) in [6, 6.07) is -0.538. The van der Waals surface area contributed by atoms with Crippen molar-refractivity contribution in [1.29, 1.82) is 0 Å². The fourth-order valence-corrected chi connectivity index (χ4v) is 3.64. The number of nitrogens with zero attached hydrogens (tertiary/aromatic N) is 2. The van der Waals surface area contributed by atoms with E-state index < -0.39 is 12.0 Å². The quantitative estimate of drug-likeness (QED) is 0.803. The Balaban J connectivity index is 2.12. The molecule has 2 amide bonds. The van der Waals surface area contributed by atoms with Crippen LogP contribution < -0.4 is 0 Å². The van der Waals surface area contributed by atoms with Gasteiger partial charge >= 0.3 is 12.0 Å². The number of urea groups is 1. The van der Waals surface area contributed by atoms with Crippen LogP contribution in [0, 0.1) is 11.8 Å². The van der Waals surface area contributed by atoms with E-state index >= 15 is 0 Å². The first-order valence-electron chi connectivity index (χ1n) is 7.71. The van der Waals surface area contributed by atoms with E-state index in [1.165, 1.54) is 0 Å². The van der Waals surface area contributed by atoms with Gasteiger partial charge in [-0.05, 0) is 44.4 Å². The van der Waals surface area contributed by atoms with E-state index in [4.69, 9.17) is 0 Å². The van der Waals surface area contributed by atoms with Gasteiger partial charge in [0.15, 0.2) is 0 Å². The molecule has 2 aliphatic heterocycles. The molecule has 0 bridgehead atoms. The lowest BCUT2D eigenvalue weighted by atomic mass is 9.90. The van der Waals surface area contributed by atoms with Crippen molar-refractivity contribution < 1.29 is 14.7 Å². The number of aliphatic carboxylic acids is 1. The van der Waals surface area contributed by atoms with Crippen molar-refractivity contribution in [3.05, 3.63) is 0 Å². The van der Waals surface area contributed by atoms with Gasteiger partial charge in [0.25, 0.3) is 0 Å². The molecule has 0 spiro atoms. The molecule has 20 heavy (non-hydrogen) atoms. The lowest BCUT2D eigenvalue weighted by molar-refractivity contribution is -0.145. The minimum absolute atomic E-state index is 0.0317. The summed E-state index contributed by atoms with van der Waals surface area (Å²) in [4.78, 5) is 27.7. The molecule has 2 fully saturated rings. The molecule has 0 aliphatic carbocycles. The summed E-state index contributed by atoms with van der Waals surface area (Å²) in [6.07, 6.45) is 3.80. The van der Waals surface area contributed by atoms with Crippen LogP contribution in [0.3, 0.4) is 0 Å². The number of hydrogen-bond acceptors (Lipinski definition) is 2. The van der Waals surface area contributed by atoms with Crippen LogP contribution in [0.15, 0.2) is 0 Å². The van der Waals surface area contributed by atoms with E-state index in [1.807, 2.05) is 11.8 Å². The number of rotatable bonds is 1. The number of carboxylic acids is 1. The summed E-state index contributed by atoms with van der Waals surface area (Å²) in [6.45, 7) is 7.52. The van der Waals surface area contributed by atoms with Gasteiger partial charge in [-0.3, -0.25) is 0 Å². The highest BCUT2D eigenvalue weighted by atomic mass is 16.4. The second-order valence-electron chi connectivity index (χ2n) is 6.55. The molecule has 0 aromatic carbocycles. The van der Waals surface area contributed by atoms with Crippen molar-refractivity contribution in [2.45, 2.75) is 58.5 Å². The molecule has 1 N–H and O–H groups in total. The zero-order chi connectivity index (χ0) is 14.9. The zero-order valence-electron chi connectivity index (χ0n) is 12.7. The average Bonchev–Trinajstić information content (AvgIpc) is 2.37. The van der Waals surface area contributed by atoms with Gasteiger partial charge in [-0.25, -0.2) is 9.59 Å². The summed E-state index contributed by atoms with van der Waals surface area (Å²) in [5, 5.41) is 9.42. The largest absolute Gasteiger partial charge is 0.480 e. The molecule has 4 unspecified atom stereocenters. The Hall–Kier alpha value is -1.26. The van der Waals surface area contributed by atoms with Crippen LogP contribution in [0.25, 0.3) is 0 Å². The van der Waals surface area contributed by atoms with Gasteiger partial charge in [0, 0.05) is 19.1 Å². The van der Waals surface area contributed by atoms with Crippen molar-refractivity contribution in [1.82, 2.24) is 9.80 Å². The summed E-state index contributed by atoms with van der Waals surface area (Å²) in [5.74, 6) is -0.197. The lowest BCUT2D eigenvalue weighted by Gasteiger charge is -2.44. The molecule has 0 aromatic heterocycles. The van der Waals surface area contributed by atoms with Crippen molar-refractivity contribution >= 4 is 12.0 Å². The second kappa shape index (κ2) is 6.02. The fourth-order valence-electron chi connectivity index (χ4n) is 3.64. The molecule has 2 saturated heterocycles. The van der Waals surface area contributed by atoms with E-state index in [-0.39, 0.29) is 18.0 Å². The predicted molar refractivity (Wildman–Crippen MR) is 76.5 cm³/mol. The highest BCUT2D eigenvalue weighted by molar-refractivity contribution is 5.83. The SMILES string of the molecule is CC1CCN(C(=O)N2CCCC(C)C2C(=O)O)C(C)C1. The maximum atomic E-state index is 12.7. The van der Waals surface area contributed by atoms with Crippen molar-refractivity contribution in [3.8, 4) is 0 Å². The van der Waals surface area contributed by atoms with Crippen LogP contribution in [0.4, 0.5) is 4.79 Å². The number of piperidine rings is 2. The van der Waals surface area contributed by atoms with Crippen LogP contribution in [-0.4, -0.2) is 52.1 Å². The molecular formula is C15H26N2O3. The first-order valence-corrected chi connectivity index (χ1v) is 7.71. The molecule has 5 heteroatoms. The van der Waals surface area contributed by atoms with Gasteiger partial charge < -0.3 is 14.9 Å². The van der Waals surface area contributed by atoms with Gasteiger partial charge in [-0.2, -0.15) is 0 Å². The first kappa shape index (κ1) is 15.1. The molecule has 4 atom stereocenters. The minimum Gasteiger partial charge on any atom is -0.480 e. The Morgan fingerprint density at radius 3 is 2.35 bits per heavy atom. The number of carbonyl (C=O) groups excluding carboxylic acids is 1. The monoisotopic (exact) mass is 282 g/mol. The highest BCUT2D eigenvalue weighted by Crippen LogP contribution is 2.28.